The minimum Gasteiger partial charge on any atom is -0.492 e. The smallest absolute Gasteiger partial charge is 0.186 e. The Balaban J connectivity index is 1.90. The molecule has 0 radical (unpaired) electrons. The second kappa shape index (κ2) is 5.21. The number of para-hydroxylation sites is 1. The van der Waals surface area contributed by atoms with Crippen LogP contribution in [0, 0.1) is 0 Å². The van der Waals surface area contributed by atoms with Gasteiger partial charge >= 0.3 is 0 Å². The van der Waals surface area contributed by atoms with Crippen LogP contribution in [0.15, 0.2) is 18.2 Å². The van der Waals surface area contributed by atoms with Gasteiger partial charge in [-0.1, -0.05) is 18.6 Å². The van der Waals surface area contributed by atoms with Gasteiger partial charge in [-0.25, -0.2) is 0 Å². The predicted octanol–water partition coefficient (Wildman–Crippen LogP) is 3.07. The van der Waals surface area contributed by atoms with Crippen LogP contribution in [-0.2, 0) is 6.42 Å². The Labute approximate surface area is 120 Å². The molecule has 0 amide bonds. The third-order valence-electron chi connectivity index (χ3n) is 4.66. The highest BCUT2D eigenvalue weighted by Crippen LogP contribution is 2.33. The van der Waals surface area contributed by atoms with E-state index in [-0.39, 0.29) is 5.78 Å². The number of hydrogen-bond donors (Lipinski definition) is 0. The molecule has 3 nitrogen and oxygen atoms in total. The molecule has 0 atom stereocenters. The summed E-state index contributed by atoms with van der Waals surface area (Å²) in [4.78, 5) is 15.3. The molecular formula is C17H23NO2. The topological polar surface area (TPSA) is 29.5 Å². The van der Waals surface area contributed by atoms with Crippen molar-refractivity contribution < 1.29 is 9.53 Å². The van der Waals surface area contributed by atoms with Gasteiger partial charge < -0.3 is 4.74 Å². The van der Waals surface area contributed by atoms with Gasteiger partial charge in [0.05, 0.1) is 17.7 Å². The van der Waals surface area contributed by atoms with Gasteiger partial charge in [0, 0.05) is 6.42 Å². The molecule has 2 aliphatic heterocycles. The maximum atomic E-state index is 13.0. The lowest BCUT2D eigenvalue weighted by atomic mass is 9.88. The molecule has 0 bridgehead atoms. The standard InChI is InChI=1S/C17H23NO2/c1-17(2,18-10-4-3-5-11-18)16(19)14-8-6-7-13-9-12-20-15(13)14/h6-8H,3-5,9-12H2,1-2H3. The first-order valence-electron chi connectivity index (χ1n) is 7.65. The minimum atomic E-state index is -0.443. The lowest BCUT2D eigenvalue weighted by molar-refractivity contribution is 0.0576. The highest BCUT2D eigenvalue weighted by Gasteiger charge is 2.37. The molecule has 1 aromatic rings. The number of rotatable bonds is 3. The Morgan fingerprint density at radius 1 is 1.20 bits per heavy atom. The minimum absolute atomic E-state index is 0.193. The van der Waals surface area contributed by atoms with E-state index < -0.39 is 5.54 Å². The van der Waals surface area contributed by atoms with Crippen LogP contribution >= 0.6 is 0 Å². The van der Waals surface area contributed by atoms with E-state index in [9.17, 15) is 4.79 Å². The first kappa shape index (κ1) is 13.6. The molecule has 0 aromatic heterocycles. The summed E-state index contributed by atoms with van der Waals surface area (Å²) in [6, 6.07) is 5.96. The largest absolute Gasteiger partial charge is 0.492 e. The van der Waals surface area contributed by atoms with Gasteiger partial charge in [-0.2, -0.15) is 0 Å². The predicted molar refractivity (Wildman–Crippen MR) is 79.5 cm³/mol. The molecule has 0 saturated carbocycles. The van der Waals surface area contributed by atoms with E-state index >= 15 is 0 Å². The summed E-state index contributed by atoms with van der Waals surface area (Å²) >= 11 is 0. The number of ketones is 1. The highest BCUT2D eigenvalue weighted by atomic mass is 16.5. The molecule has 0 spiro atoms. The van der Waals surface area contributed by atoms with Crippen LogP contribution in [0.5, 0.6) is 5.75 Å². The highest BCUT2D eigenvalue weighted by molar-refractivity contribution is 6.05. The Hall–Kier alpha value is -1.35. The van der Waals surface area contributed by atoms with Crippen molar-refractivity contribution in [3.8, 4) is 5.75 Å². The Bertz CT molecular complexity index is 516. The van der Waals surface area contributed by atoms with Crippen molar-refractivity contribution in [2.24, 2.45) is 0 Å². The number of Topliss-reactive ketones (excluding diaryl/α,β-unsaturated/α-hetero) is 1. The van der Waals surface area contributed by atoms with Crippen LogP contribution in [0.4, 0.5) is 0 Å². The van der Waals surface area contributed by atoms with Crippen molar-refractivity contribution in [2.75, 3.05) is 19.7 Å². The van der Waals surface area contributed by atoms with E-state index in [0.29, 0.717) is 6.61 Å². The number of carbonyl (C=O) groups excluding carboxylic acids is 1. The number of ether oxygens (including phenoxy) is 1. The van der Waals surface area contributed by atoms with Gasteiger partial charge in [-0.15, -0.1) is 0 Å². The number of likely N-dealkylation sites (tertiary alicyclic amines) is 1. The summed E-state index contributed by atoms with van der Waals surface area (Å²) in [5.74, 6) is 1.01. The van der Waals surface area contributed by atoms with Gasteiger partial charge in [-0.3, -0.25) is 9.69 Å². The monoisotopic (exact) mass is 273 g/mol. The van der Waals surface area contributed by atoms with E-state index in [1.807, 2.05) is 12.1 Å². The molecule has 0 N–H and O–H groups in total. The second-order valence-electron chi connectivity index (χ2n) is 6.33. The number of benzene rings is 1. The molecule has 20 heavy (non-hydrogen) atoms. The average molecular weight is 273 g/mol. The van der Waals surface area contributed by atoms with Crippen LogP contribution < -0.4 is 4.74 Å². The number of carbonyl (C=O) groups is 1. The van der Waals surface area contributed by atoms with Crippen molar-refractivity contribution in [1.29, 1.82) is 0 Å². The molecule has 2 heterocycles. The van der Waals surface area contributed by atoms with Crippen LogP contribution in [0.2, 0.25) is 0 Å². The molecular weight excluding hydrogens is 250 g/mol. The van der Waals surface area contributed by atoms with Gasteiger partial charge in [0.15, 0.2) is 5.78 Å². The second-order valence-corrected chi connectivity index (χ2v) is 6.33. The van der Waals surface area contributed by atoms with E-state index in [0.717, 1.165) is 30.8 Å². The van der Waals surface area contributed by atoms with Gasteiger partial charge in [0.25, 0.3) is 0 Å². The zero-order valence-electron chi connectivity index (χ0n) is 12.4. The first-order valence-corrected chi connectivity index (χ1v) is 7.65. The van der Waals surface area contributed by atoms with E-state index in [1.165, 1.54) is 24.8 Å². The number of fused-ring (bicyclic) bond motifs is 1. The fourth-order valence-electron chi connectivity index (χ4n) is 3.32. The molecule has 3 heteroatoms. The SMILES string of the molecule is CC(C)(C(=O)c1cccc2c1OCC2)N1CCCCC1. The van der Waals surface area contributed by atoms with E-state index in [2.05, 4.69) is 24.8 Å². The van der Waals surface area contributed by atoms with Crippen molar-refractivity contribution in [1.82, 2.24) is 4.90 Å². The van der Waals surface area contributed by atoms with Gasteiger partial charge in [0.2, 0.25) is 0 Å². The number of piperidine rings is 1. The van der Waals surface area contributed by atoms with Crippen molar-refractivity contribution >= 4 is 5.78 Å². The summed E-state index contributed by atoms with van der Waals surface area (Å²) in [5.41, 5.74) is 1.49. The van der Waals surface area contributed by atoms with Crippen molar-refractivity contribution in [2.45, 2.75) is 45.1 Å². The van der Waals surface area contributed by atoms with Crippen molar-refractivity contribution in [3.05, 3.63) is 29.3 Å². The zero-order chi connectivity index (χ0) is 14.2. The molecule has 1 aromatic carbocycles. The van der Waals surface area contributed by atoms with Crippen LogP contribution in [0.1, 0.15) is 49.0 Å². The average Bonchev–Trinajstić information content (AvgIpc) is 2.95. The summed E-state index contributed by atoms with van der Waals surface area (Å²) in [6.07, 6.45) is 4.59. The Kier molecular flexibility index (Phi) is 3.55. The molecule has 1 fully saturated rings. The third kappa shape index (κ3) is 2.24. The number of nitrogens with zero attached hydrogens (tertiary/aromatic N) is 1. The van der Waals surface area contributed by atoms with Crippen molar-refractivity contribution in [3.63, 3.8) is 0 Å². The summed E-state index contributed by atoms with van der Waals surface area (Å²) < 4.78 is 5.69. The lowest BCUT2D eigenvalue weighted by Gasteiger charge is -2.39. The molecule has 108 valence electrons. The summed E-state index contributed by atoms with van der Waals surface area (Å²) in [7, 11) is 0. The van der Waals surface area contributed by atoms with E-state index in [1.54, 1.807) is 0 Å². The first-order chi connectivity index (χ1) is 9.60. The fourth-order valence-corrected chi connectivity index (χ4v) is 3.32. The normalized spacial score (nSPS) is 19.5. The fraction of sp³-hybridized carbons (Fsp3) is 0.588. The molecule has 0 unspecified atom stereocenters. The quantitative estimate of drug-likeness (QED) is 0.793. The Morgan fingerprint density at radius 2 is 1.95 bits per heavy atom. The van der Waals surface area contributed by atoms with Crippen LogP contribution in [-0.4, -0.2) is 35.9 Å². The molecule has 1 saturated heterocycles. The maximum Gasteiger partial charge on any atom is 0.186 e. The number of hydrogen-bond acceptors (Lipinski definition) is 3. The van der Waals surface area contributed by atoms with Crippen LogP contribution in [0.25, 0.3) is 0 Å². The third-order valence-corrected chi connectivity index (χ3v) is 4.66. The molecule has 3 rings (SSSR count). The lowest BCUT2D eigenvalue weighted by Crippen LogP contribution is -2.52. The van der Waals surface area contributed by atoms with Gasteiger partial charge in [0.1, 0.15) is 5.75 Å². The zero-order valence-corrected chi connectivity index (χ0v) is 12.4. The van der Waals surface area contributed by atoms with Crippen LogP contribution in [0.3, 0.4) is 0 Å². The molecule has 2 aliphatic rings. The van der Waals surface area contributed by atoms with Gasteiger partial charge in [-0.05, 0) is 51.4 Å². The summed E-state index contributed by atoms with van der Waals surface area (Å²) in [5, 5.41) is 0. The summed E-state index contributed by atoms with van der Waals surface area (Å²) in [6.45, 7) is 6.84. The molecule has 0 aliphatic carbocycles. The maximum absolute atomic E-state index is 13.0. The van der Waals surface area contributed by atoms with E-state index in [4.69, 9.17) is 4.74 Å². The Morgan fingerprint density at radius 3 is 2.70 bits per heavy atom.